The third-order valence-electron chi connectivity index (χ3n) is 2.86. The summed E-state index contributed by atoms with van der Waals surface area (Å²) >= 11 is 17.0. The summed E-state index contributed by atoms with van der Waals surface area (Å²) < 4.78 is 5.44. The van der Waals surface area contributed by atoms with Crippen molar-refractivity contribution < 1.29 is 9.53 Å². The van der Waals surface area contributed by atoms with Gasteiger partial charge in [-0.05, 0) is 42.5 Å². The van der Waals surface area contributed by atoms with Crippen LogP contribution >= 0.6 is 35.4 Å². The Hall–Kier alpha value is -2.08. The highest BCUT2D eigenvalue weighted by molar-refractivity contribution is 7.80. The first-order valence-corrected chi connectivity index (χ1v) is 8.07. The monoisotopic (exact) mass is 380 g/mol. The van der Waals surface area contributed by atoms with Gasteiger partial charge in [0.2, 0.25) is 0 Å². The highest BCUT2D eigenvalue weighted by atomic mass is 35.5. The van der Waals surface area contributed by atoms with Crippen molar-refractivity contribution in [2.45, 2.75) is 0 Å². The van der Waals surface area contributed by atoms with Crippen molar-refractivity contribution in [3.8, 4) is 5.75 Å². The quantitative estimate of drug-likeness (QED) is 0.583. The largest absolute Gasteiger partial charge is 0.489 e. The number of hydrogen-bond donors (Lipinski definition) is 2. The topological polar surface area (TPSA) is 50.4 Å². The number of nitrogens with one attached hydrogen (secondary N) is 2. The van der Waals surface area contributed by atoms with Gasteiger partial charge in [0.15, 0.2) is 5.11 Å². The Kier molecular flexibility index (Phi) is 6.61. The van der Waals surface area contributed by atoms with E-state index >= 15 is 0 Å². The summed E-state index contributed by atoms with van der Waals surface area (Å²) in [6, 6.07) is 11.8. The number of carbonyl (C=O) groups excluding carboxylic acids is 1. The van der Waals surface area contributed by atoms with Crippen LogP contribution in [0, 0.1) is 0 Å². The standard InChI is InChI=1S/C17H14Cl2N2O2S/c1-2-8-23-13-5-3-4-12(10-13)20-17(24)21-16(22)14-7-6-11(18)9-15(14)19/h2-7,9-10H,1,8H2,(H2,20,21,22,24). The normalized spacial score (nSPS) is 9.92. The highest BCUT2D eigenvalue weighted by Gasteiger charge is 2.12. The average molecular weight is 381 g/mol. The molecule has 0 atom stereocenters. The smallest absolute Gasteiger partial charge is 0.258 e. The van der Waals surface area contributed by atoms with Crippen molar-refractivity contribution in [1.29, 1.82) is 0 Å². The van der Waals surface area contributed by atoms with Gasteiger partial charge in [-0.2, -0.15) is 0 Å². The summed E-state index contributed by atoms with van der Waals surface area (Å²) in [5.41, 5.74) is 0.970. The molecule has 0 fully saturated rings. The van der Waals surface area contributed by atoms with E-state index in [9.17, 15) is 4.79 Å². The highest BCUT2D eigenvalue weighted by Crippen LogP contribution is 2.21. The second-order valence-corrected chi connectivity index (χ2v) is 5.91. The predicted octanol–water partition coefficient (Wildman–Crippen LogP) is 4.69. The Labute approximate surface area is 155 Å². The molecule has 0 aliphatic heterocycles. The van der Waals surface area contributed by atoms with E-state index in [0.29, 0.717) is 23.1 Å². The Morgan fingerprint density at radius 2 is 2.04 bits per heavy atom. The summed E-state index contributed by atoms with van der Waals surface area (Å²) in [6.07, 6.45) is 1.65. The number of amides is 1. The lowest BCUT2D eigenvalue weighted by atomic mass is 10.2. The molecule has 0 aliphatic carbocycles. The summed E-state index contributed by atoms with van der Waals surface area (Å²) in [7, 11) is 0. The lowest BCUT2D eigenvalue weighted by Crippen LogP contribution is -2.34. The van der Waals surface area contributed by atoms with Crippen LogP contribution in [0.5, 0.6) is 5.75 Å². The average Bonchev–Trinajstić information content (AvgIpc) is 2.53. The second kappa shape index (κ2) is 8.68. The van der Waals surface area contributed by atoms with Gasteiger partial charge in [0.05, 0.1) is 10.6 Å². The fraction of sp³-hybridized carbons (Fsp3) is 0.0588. The van der Waals surface area contributed by atoms with Crippen molar-refractivity contribution >= 4 is 52.1 Å². The van der Waals surface area contributed by atoms with E-state index in [-0.39, 0.29) is 15.7 Å². The Morgan fingerprint density at radius 1 is 1.25 bits per heavy atom. The van der Waals surface area contributed by atoms with E-state index in [2.05, 4.69) is 17.2 Å². The Morgan fingerprint density at radius 3 is 2.75 bits per heavy atom. The zero-order chi connectivity index (χ0) is 17.5. The van der Waals surface area contributed by atoms with Gasteiger partial charge in [0.1, 0.15) is 12.4 Å². The van der Waals surface area contributed by atoms with Gasteiger partial charge in [0, 0.05) is 16.8 Å². The fourth-order valence-corrected chi connectivity index (χ4v) is 2.53. The Balaban J connectivity index is 2.00. The van der Waals surface area contributed by atoms with Crippen LogP contribution in [0.25, 0.3) is 0 Å². The number of rotatable bonds is 5. The van der Waals surface area contributed by atoms with Crippen molar-refractivity contribution in [2.75, 3.05) is 11.9 Å². The van der Waals surface area contributed by atoms with E-state index in [0.717, 1.165) is 0 Å². The summed E-state index contributed by atoms with van der Waals surface area (Å²) in [6.45, 7) is 4.00. The van der Waals surface area contributed by atoms with E-state index < -0.39 is 5.91 Å². The molecule has 2 rings (SSSR count). The van der Waals surface area contributed by atoms with Crippen LogP contribution in [0.4, 0.5) is 5.69 Å². The number of carbonyl (C=O) groups is 1. The molecule has 4 nitrogen and oxygen atoms in total. The number of hydrogen-bond acceptors (Lipinski definition) is 3. The van der Waals surface area contributed by atoms with Crippen molar-refractivity contribution in [2.24, 2.45) is 0 Å². The molecule has 2 N–H and O–H groups in total. The molecule has 7 heteroatoms. The number of anilines is 1. The maximum atomic E-state index is 12.2. The van der Waals surface area contributed by atoms with Crippen molar-refractivity contribution in [3.63, 3.8) is 0 Å². The van der Waals surface area contributed by atoms with Crippen molar-refractivity contribution in [1.82, 2.24) is 5.32 Å². The minimum absolute atomic E-state index is 0.145. The molecule has 24 heavy (non-hydrogen) atoms. The van der Waals surface area contributed by atoms with Gasteiger partial charge in [-0.15, -0.1) is 0 Å². The number of halogens is 2. The van der Waals surface area contributed by atoms with Crippen LogP contribution in [-0.2, 0) is 0 Å². The van der Waals surface area contributed by atoms with Gasteiger partial charge in [0.25, 0.3) is 5.91 Å². The zero-order valence-corrected chi connectivity index (χ0v) is 14.8. The van der Waals surface area contributed by atoms with Gasteiger partial charge >= 0.3 is 0 Å². The molecule has 0 spiro atoms. The molecule has 0 saturated heterocycles. The molecule has 0 unspecified atom stereocenters. The minimum Gasteiger partial charge on any atom is -0.489 e. The molecule has 1 amide bonds. The maximum absolute atomic E-state index is 12.2. The van der Waals surface area contributed by atoms with Crippen LogP contribution in [-0.4, -0.2) is 17.6 Å². The molecular formula is C17H14Cl2N2O2S. The van der Waals surface area contributed by atoms with Gasteiger partial charge in [-0.1, -0.05) is 41.9 Å². The maximum Gasteiger partial charge on any atom is 0.258 e. The lowest BCUT2D eigenvalue weighted by molar-refractivity contribution is 0.0978. The summed E-state index contributed by atoms with van der Waals surface area (Å²) in [5.74, 6) is 0.239. The molecule has 2 aromatic carbocycles. The summed E-state index contributed by atoms with van der Waals surface area (Å²) in [5, 5.41) is 6.33. The van der Waals surface area contributed by atoms with Gasteiger partial charge in [-0.25, -0.2) is 0 Å². The predicted molar refractivity (Wildman–Crippen MR) is 102 cm³/mol. The van der Waals surface area contributed by atoms with E-state index in [1.54, 1.807) is 30.3 Å². The number of benzene rings is 2. The molecule has 2 aromatic rings. The van der Waals surface area contributed by atoms with Crippen LogP contribution in [0.1, 0.15) is 10.4 Å². The van der Waals surface area contributed by atoms with Gasteiger partial charge in [-0.3, -0.25) is 10.1 Å². The Bertz CT molecular complexity index is 781. The number of ether oxygens (including phenoxy) is 1. The zero-order valence-electron chi connectivity index (χ0n) is 12.5. The first kappa shape index (κ1) is 18.3. The third-order valence-corrected chi connectivity index (χ3v) is 3.61. The summed E-state index contributed by atoms with van der Waals surface area (Å²) in [4.78, 5) is 12.2. The first-order chi connectivity index (χ1) is 11.5. The molecular weight excluding hydrogens is 367 g/mol. The first-order valence-electron chi connectivity index (χ1n) is 6.90. The number of thiocarbonyl (C=S) groups is 1. The van der Waals surface area contributed by atoms with Crippen LogP contribution < -0.4 is 15.4 Å². The fourth-order valence-electron chi connectivity index (χ4n) is 1.83. The molecule has 0 radical (unpaired) electrons. The molecule has 0 aromatic heterocycles. The molecule has 0 heterocycles. The molecule has 124 valence electrons. The van der Waals surface area contributed by atoms with E-state index in [1.807, 2.05) is 6.07 Å². The molecule has 0 saturated carbocycles. The van der Waals surface area contributed by atoms with E-state index in [1.165, 1.54) is 12.1 Å². The second-order valence-electron chi connectivity index (χ2n) is 4.66. The lowest BCUT2D eigenvalue weighted by Gasteiger charge is -2.11. The minimum atomic E-state index is -0.423. The van der Waals surface area contributed by atoms with Gasteiger partial charge < -0.3 is 10.1 Å². The van der Waals surface area contributed by atoms with E-state index in [4.69, 9.17) is 40.2 Å². The third kappa shape index (κ3) is 5.23. The molecule has 0 aliphatic rings. The van der Waals surface area contributed by atoms with Crippen LogP contribution in [0.15, 0.2) is 55.1 Å². The van der Waals surface area contributed by atoms with Crippen LogP contribution in [0.3, 0.4) is 0 Å². The molecule has 0 bridgehead atoms. The SMILES string of the molecule is C=CCOc1cccc(NC(=S)NC(=O)c2ccc(Cl)cc2Cl)c1. The van der Waals surface area contributed by atoms with Crippen molar-refractivity contribution in [3.05, 3.63) is 70.7 Å². The van der Waals surface area contributed by atoms with Crippen LogP contribution in [0.2, 0.25) is 10.0 Å².